The van der Waals surface area contributed by atoms with Gasteiger partial charge in [0.25, 0.3) is 0 Å². The van der Waals surface area contributed by atoms with Gasteiger partial charge in [-0.1, -0.05) is 205 Å². The van der Waals surface area contributed by atoms with Crippen LogP contribution in [-0.4, -0.2) is 16.6 Å². The van der Waals surface area contributed by atoms with Crippen molar-refractivity contribution in [1.29, 1.82) is 10.5 Å². The Morgan fingerprint density at radius 1 is 0.308 bits per heavy atom. The second kappa shape index (κ2) is 22.6. The van der Waals surface area contributed by atoms with E-state index >= 15 is 0 Å². The lowest BCUT2D eigenvalue weighted by molar-refractivity contribution is 0.195. The van der Waals surface area contributed by atoms with E-state index in [4.69, 9.17) is 6.57 Å². The van der Waals surface area contributed by atoms with Crippen LogP contribution in [0, 0.1) is 29.2 Å². The molecular formula is C101H82N6. The normalized spacial score (nSPS) is 23.5. The van der Waals surface area contributed by atoms with Crippen LogP contribution in [0.15, 0.2) is 243 Å². The van der Waals surface area contributed by atoms with Crippen molar-refractivity contribution in [3.8, 4) is 67.8 Å². The number of hydrogen-bond acceptors (Lipinski definition) is 5. The molecule has 21 rings (SSSR count). The summed E-state index contributed by atoms with van der Waals surface area (Å²) >= 11 is 0. The first-order valence-corrected chi connectivity index (χ1v) is 39.0. The van der Waals surface area contributed by atoms with Gasteiger partial charge < -0.3 is 14.7 Å². The Bertz CT molecular complexity index is 6140. The highest BCUT2D eigenvalue weighted by atomic mass is 15.3. The fourth-order valence-electron chi connectivity index (χ4n) is 23.0. The summed E-state index contributed by atoms with van der Waals surface area (Å²) in [5, 5.41) is 35.3. The van der Waals surface area contributed by atoms with Crippen LogP contribution in [0.4, 0.5) is 39.8 Å². The van der Waals surface area contributed by atoms with Crippen molar-refractivity contribution in [2.45, 2.75) is 151 Å². The van der Waals surface area contributed by atoms with Crippen LogP contribution in [0.1, 0.15) is 146 Å². The third kappa shape index (κ3) is 8.33. The predicted molar refractivity (Wildman–Crippen MR) is 445 cm³/mol. The van der Waals surface area contributed by atoms with Gasteiger partial charge in [0, 0.05) is 50.4 Å². The van der Waals surface area contributed by atoms with E-state index in [9.17, 15) is 10.5 Å². The number of rotatable bonds is 8. The molecule has 516 valence electrons. The van der Waals surface area contributed by atoms with Crippen molar-refractivity contribution >= 4 is 104 Å². The zero-order valence-corrected chi connectivity index (χ0v) is 61.8. The average Bonchev–Trinajstić information content (AvgIpc) is 1.52. The molecular weight excluding hydrogens is 1300 g/mol. The SMILES string of the molecule is [C-]#[N+]c1ccc(N2c3ccc(-c4ccc5c6c(-c7ccccc7)c7c8ccc(-c9ccc%10c(c9)C9(C)CCCCC9(C)N%10c9ccc(C#N)cc9)c9c(-c%10ccc%11c(c%10)C%10(C)CCCCC%10(C)N%11c%10ccc(C#N)cc%10)ccc(c7c(-c7ccccc7)c6c6cccc4c65)c98)cc3C3(C)CCCCC23C)cc1. The fourth-order valence-corrected chi connectivity index (χ4v) is 23.0. The first-order valence-electron chi connectivity index (χ1n) is 39.0. The number of benzene rings is 13. The quantitative estimate of drug-likeness (QED) is 0.142. The zero-order valence-electron chi connectivity index (χ0n) is 61.8. The molecule has 6 heteroatoms. The standard InChI is InChI=1S/C101H82N6/c1-96-51-14-19-56-101(96,6)107(72-40-34-69(104-7)35-41-72)84-48-31-66(57-81(84)96)73-42-45-78-89-76(73)25-20-26-77(89)92-87(64-21-10-8-11-22-64)94-79-46-43-74(67-32-49-85-82(58-67)97(2)52-15-17-54-99(97,4)105(85)70-36-27-62(60-102)28-37-70)90-75(44-47-80(91(79)90)95(94)88(93(78)92)65-23-12-9-13-24-65)68-33-50-86-83(59-68)98(3)53-16-18-55-100(98,5)106(86)71-38-29-63(61-103)30-39-71/h8-13,20-50,57-59H,14-19,51-56H2,1-6H3. The lowest BCUT2D eigenvalue weighted by Gasteiger charge is -2.50. The van der Waals surface area contributed by atoms with Crippen LogP contribution in [0.5, 0.6) is 0 Å². The van der Waals surface area contributed by atoms with Gasteiger partial charge in [-0.25, -0.2) is 4.85 Å². The minimum Gasteiger partial charge on any atom is -0.335 e. The minimum atomic E-state index is -0.184. The van der Waals surface area contributed by atoms with E-state index in [2.05, 4.69) is 279 Å². The van der Waals surface area contributed by atoms with E-state index < -0.39 is 0 Å². The summed E-state index contributed by atoms with van der Waals surface area (Å²) in [4.78, 5) is 11.7. The molecule has 0 bridgehead atoms. The van der Waals surface area contributed by atoms with Gasteiger partial charge in [-0.05, 0) is 293 Å². The van der Waals surface area contributed by atoms with Crippen molar-refractivity contribution in [3.63, 3.8) is 0 Å². The summed E-state index contributed by atoms with van der Waals surface area (Å²) in [6.07, 6.45) is 13.6. The van der Waals surface area contributed by atoms with Crippen LogP contribution in [0.25, 0.3) is 125 Å². The Labute approximate surface area is 626 Å². The molecule has 0 N–H and O–H groups in total. The van der Waals surface area contributed by atoms with Crippen molar-refractivity contribution in [2.75, 3.05) is 14.7 Å². The highest BCUT2D eigenvalue weighted by Gasteiger charge is 2.60. The smallest absolute Gasteiger partial charge is 0.187 e. The summed E-state index contributed by atoms with van der Waals surface area (Å²) in [5.41, 5.74) is 24.9. The molecule has 3 aliphatic heterocycles. The fraction of sp³-hybridized carbons (Fsp3) is 0.238. The topological polar surface area (TPSA) is 61.7 Å². The summed E-state index contributed by atoms with van der Waals surface area (Å²) in [6.45, 7) is 22.9. The van der Waals surface area contributed by atoms with Gasteiger partial charge in [0.1, 0.15) is 0 Å². The summed E-state index contributed by atoms with van der Waals surface area (Å²) < 4.78 is 0. The van der Waals surface area contributed by atoms with E-state index in [0.717, 1.165) is 55.6 Å². The molecule has 3 aliphatic carbocycles. The van der Waals surface area contributed by atoms with Gasteiger partial charge in [0.05, 0.1) is 46.5 Å². The van der Waals surface area contributed by atoms with Crippen molar-refractivity contribution in [1.82, 2.24) is 0 Å². The lowest BCUT2D eigenvalue weighted by Crippen LogP contribution is -2.54. The van der Waals surface area contributed by atoms with Crippen LogP contribution in [0.2, 0.25) is 0 Å². The van der Waals surface area contributed by atoms with Gasteiger partial charge in [0.15, 0.2) is 5.69 Å². The van der Waals surface area contributed by atoms with Crippen molar-refractivity contribution in [2.24, 2.45) is 0 Å². The first-order chi connectivity index (χ1) is 52.1. The molecule has 3 saturated carbocycles. The molecule has 6 unspecified atom stereocenters. The third-order valence-electron chi connectivity index (χ3n) is 28.9. The maximum atomic E-state index is 9.99. The molecule has 6 nitrogen and oxygen atoms in total. The van der Waals surface area contributed by atoms with E-state index in [1.165, 1.54) is 193 Å². The minimum absolute atomic E-state index is 0.0877. The largest absolute Gasteiger partial charge is 0.335 e. The third-order valence-corrected chi connectivity index (χ3v) is 28.9. The van der Waals surface area contributed by atoms with Crippen LogP contribution < -0.4 is 14.7 Å². The molecule has 6 aliphatic rings. The summed E-state index contributed by atoms with van der Waals surface area (Å²) in [5.74, 6) is 0. The van der Waals surface area contributed by atoms with Crippen molar-refractivity contribution in [3.05, 3.63) is 282 Å². The second-order valence-corrected chi connectivity index (χ2v) is 33.5. The molecule has 107 heavy (non-hydrogen) atoms. The Kier molecular flexibility index (Phi) is 13.5. The average molecular weight is 1380 g/mol. The Balaban J connectivity index is 0.841. The molecule has 15 aromatic rings. The van der Waals surface area contributed by atoms with Gasteiger partial charge in [-0.3, -0.25) is 0 Å². The number of fused-ring (bicyclic) bond motifs is 15. The number of nitriles is 2. The van der Waals surface area contributed by atoms with Crippen LogP contribution >= 0.6 is 0 Å². The van der Waals surface area contributed by atoms with E-state index in [1.54, 1.807) is 0 Å². The maximum absolute atomic E-state index is 9.99. The van der Waals surface area contributed by atoms with Crippen LogP contribution in [-0.2, 0) is 16.2 Å². The molecule has 3 heterocycles. The maximum Gasteiger partial charge on any atom is 0.187 e. The molecule has 0 aromatic heterocycles. The van der Waals surface area contributed by atoms with E-state index in [-0.39, 0.29) is 32.9 Å². The van der Waals surface area contributed by atoms with Gasteiger partial charge >= 0.3 is 0 Å². The molecule has 0 radical (unpaired) electrons. The lowest BCUT2D eigenvalue weighted by atomic mass is 9.61. The van der Waals surface area contributed by atoms with Gasteiger partial charge in [-0.2, -0.15) is 10.5 Å². The van der Waals surface area contributed by atoms with Crippen LogP contribution in [0.3, 0.4) is 0 Å². The molecule has 0 spiro atoms. The molecule has 6 atom stereocenters. The first kappa shape index (κ1) is 63.7. The predicted octanol–water partition coefficient (Wildman–Crippen LogP) is 27.3. The molecule has 15 aromatic carbocycles. The van der Waals surface area contributed by atoms with Gasteiger partial charge in [0.2, 0.25) is 0 Å². The molecule has 3 fully saturated rings. The number of nitrogens with zero attached hydrogens (tertiary/aromatic N) is 6. The van der Waals surface area contributed by atoms with Crippen molar-refractivity contribution < 1.29 is 0 Å². The molecule has 0 saturated heterocycles. The summed E-state index contributed by atoms with van der Waals surface area (Å²) in [7, 11) is 0. The monoisotopic (exact) mass is 1380 g/mol. The van der Waals surface area contributed by atoms with E-state index in [0.29, 0.717) is 16.8 Å². The van der Waals surface area contributed by atoms with Gasteiger partial charge in [-0.15, -0.1) is 0 Å². The number of anilines is 6. The Hall–Kier alpha value is -11.8. The zero-order chi connectivity index (χ0) is 72.3. The highest BCUT2D eigenvalue weighted by Crippen LogP contribution is 2.67. The highest BCUT2D eigenvalue weighted by molar-refractivity contribution is 6.47. The summed E-state index contributed by atoms with van der Waals surface area (Å²) in [6, 6.07) is 96.7. The molecule has 0 amide bonds. The Morgan fingerprint density at radius 2 is 0.654 bits per heavy atom. The van der Waals surface area contributed by atoms with E-state index in [1.807, 2.05) is 36.4 Å². The Morgan fingerprint density at radius 3 is 1.05 bits per heavy atom. The number of hydrogen-bond donors (Lipinski definition) is 0. The second-order valence-electron chi connectivity index (χ2n) is 33.5.